The molecule has 0 radical (unpaired) electrons. The number of ketones is 1. The number of likely N-dealkylation sites (tertiary alicyclic amines) is 1. The highest BCUT2D eigenvalue weighted by atomic mass is 16.7. The van der Waals surface area contributed by atoms with Crippen LogP contribution in [0.1, 0.15) is 52.4 Å². The first-order valence-corrected chi connectivity index (χ1v) is 9.03. The van der Waals surface area contributed by atoms with Crippen molar-refractivity contribution in [2.75, 3.05) is 26.3 Å². The number of benzene rings is 1. The van der Waals surface area contributed by atoms with Crippen molar-refractivity contribution in [3.63, 3.8) is 0 Å². The Bertz CT molecular complexity index is 612. The van der Waals surface area contributed by atoms with Gasteiger partial charge in [-0.3, -0.25) is 9.69 Å². The van der Waals surface area contributed by atoms with Gasteiger partial charge in [0.15, 0.2) is 12.1 Å². The number of nitrogens with zero attached hydrogens (tertiary/aromatic N) is 1. The first-order valence-electron chi connectivity index (χ1n) is 9.03. The zero-order valence-electron chi connectivity index (χ0n) is 15.4. The van der Waals surface area contributed by atoms with Crippen molar-refractivity contribution < 1.29 is 14.3 Å². The van der Waals surface area contributed by atoms with Gasteiger partial charge < -0.3 is 9.47 Å². The van der Waals surface area contributed by atoms with Crippen LogP contribution in [0.2, 0.25) is 0 Å². The Hall–Kier alpha value is -1.23. The number of Topliss-reactive ketones (excluding diaryl/α,β-unsaturated/α-hetero) is 1. The second kappa shape index (κ2) is 7.34. The lowest BCUT2D eigenvalue weighted by Gasteiger charge is -2.34. The highest BCUT2D eigenvalue weighted by Crippen LogP contribution is 2.29. The van der Waals surface area contributed by atoms with Crippen molar-refractivity contribution in [1.82, 2.24) is 4.90 Å². The van der Waals surface area contributed by atoms with Gasteiger partial charge in [-0.25, -0.2) is 0 Å². The molecule has 0 amide bonds. The predicted octanol–water partition coefficient (Wildman–Crippen LogP) is 3.40. The Morgan fingerprint density at radius 2 is 1.75 bits per heavy atom. The van der Waals surface area contributed by atoms with Gasteiger partial charge in [0.1, 0.15) is 0 Å². The standard InChI is InChI=1S/C20H29NO3/c1-13-11-14(2)19(16(4)22)15(3)18(13)12-21-7-5-17(6-8-21)20-23-9-10-24-20/h11,17,20H,5-10,12H2,1-4H3. The van der Waals surface area contributed by atoms with Crippen molar-refractivity contribution in [2.45, 2.75) is 53.4 Å². The van der Waals surface area contributed by atoms with Crippen LogP contribution in [-0.4, -0.2) is 43.3 Å². The van der Waals surface area contributed by atoms with Crippen LogP contribution in [-0.2, 0) is 16.0 Å². The summed E-state index contributed by atoms with van der Waals surface area (Å²) in [6.07, 6.45) is 2.25. The van der Waals surface area contributed by atoms with Crippen molar-refractivity contribution >= 4 is 5.78 Å². The summed E-state index contributed by atoms with van der Waals surface area (Å²) in [7, 11) is 0. The first-order chi connectivity index (χ1) is 11.5. The molecule has 0 aromatic heterocycles. The number of rotatable bonds is 4. The molecular formula is C20H29NO3. The molecule has 3 rings (SSSR count). The summed E-state index contributed by atoms with van der Waals surface area (Å²) in [6, 6.07) is 2.16. The van der Waals surface area contributed by atoms with Crippen LogP contribution in [0.25, 0.3) is 0 Å². The minimum atomic E-state index is 0.0133. The second-order valence-corrected chi connectivity index (χ2v) is 7.27. The number of aryl methyl sites for hydroxylation is 2. The monoisotopic (exact) mass is 331 g/mol. The van der Waals surface area contributed by atoms with Gasteiger partial charge in [-0.05, 0) is 75.9 Å². The third kappa shape index (κ3) is 3.56. The Morgan fingerprint density at radius 1 is 1.12 bits per heavy atom. The van der Waals surface area contributed by atoms with Gasteiger partial charge in [-0.2, -0.15) is 0 Å². The van der Waals surface area contributed by atoms with Crippen molar-refractivity contribution in [3.8, 4) is 0 Å². The molecule has 0 unspecified atom stereocenters. The summed E-state index contributed by atoms with van der Waals surface area (Å²) in [5, 5.41) is 0. The molecule has 0 N–H and O–H groups in total. The summed E-state index contributed by atoms with van der Waals surface area (Å²) in [4.78, 5) is 14.5. The van der Waals surface area contributed by atoms with Crippen molar-refractivity contribution in [3.05, 3.63) is 33.9 Å². The Labute approximate surface area is 145 Å². The molecule has 0 bridgehead atoms. The molecule has 0 saturated carbocycles. The maximum Gasteiger partial charge on any atom is 0.160 e. The molecule has 4 nitrogen and oxygen atoms in total. The highest BCUT2D eigenvalue weighted by Gasteiger charge is 2.30. The summed E-state index contributed by atoms with van der Waals surface area (Å²) in [5.74, 6) is 0.692. The van der Waals surface area contributed by atoms with Gasteiger partial charge >= 0.3 is 0 Å². The van der Waals surface area contributed by atoms with E-state index in [2.05, 4.69) is 24.8 Å². The molecule has 1 aromatic carbocycles. The molecule has 1 aromatic rings. The fourth-order valence-corrected chi connectivity index (χ4v) is 4.27. The van der Waals surface area contributed by atoms with Gasteiger partial charge in [-0.15, -0.1) is 0 Å². The summed E-state index contributed by atoms with van der Waals surface area (Å²) < 4.78 is 11.3. The smallest absolute Gasteiger partial charge is 0.160 e. The van der Waals surface area contributed by atoms with E-state index in [1.54, 1.807) is 6.92 Å². The SMILES string of the molecule is CC(=O)c1c(C)cc(C)c(CN2CCC(C3OCCO3)CC2)c1C. The van der Waals surface area contributed by atoms with Crippen molar-refractivity contribution in [1.29, 1.82) is 0 Å². The van der Waals surface area contributed by atoms with Crippen LogP contribution < -0.4 is 0 Å². The average molecular weight is 331 g/mol. The quantitative estimate of drug-likeness (QED) is 0.793. The lowest BCUT2D eigenvalue weighted by molar-refractivity contribution is -0.0978. The van der Waals surface area contributed by atoms with Crippen LogP contribution in [0.15, 0.2) is 6.07 Å². The summed E-state index contributed by atoms with van der Waals surface area (Å²) in [5.41, 5.74) is 5.76. The predicted molar refractivity (Wildman–Crippen MR) is 94.4 cm³/mol. The molecule has 2 aliphatic rings. The fourth-order valence-electron chi connectivity index (χ4n) is 4.27. The van der Waals surface area contributed by atoms with E-state index in [-0.39, 0.29) is 12.1 Å². The zero-order valence-corrected chi connectivity index (χ0v) is 15.4. The molecule has 2 heterocycles. The maximum absolute atomic E-state index is 12.0. The van der Waals surface area contributed by atoms with Gasteiger partial charge in [-0.1, -0.05) is 6.07 Å². The van der Waals surface area contributed by atoms with Crippen LogP contribution >= 0.6 is 0 Å². The first kappa shape index (κ1) is 17.6. The number of ether oxygens (including phenoxy) is 2. The Morgan fingerprint density at radius 3 is 2.33 bits per heavy atom. The third-order valence-electron chi connectivity index (χ3n) is 5.53. The minimum Gasteiger partial charge on any atom is -0.350 e. The number of carbonyl (C=O) groups is 1. The Balaban J connectivity index is 1.68. The van der Waals surface area contributed by atoms with Gasteiger partial charge in [0, 0.05) is 18.0 Å². The number of carbonyl (C=O) groups excluding carboxylic acids is 1. The van der Waals surface area contributed by atoms with E-state index in [0.29, 0.717) is 5.92 Å². The number of piperidine rings is 1. The zero-order chi connectivity index (χ0) is 17.3. The highest BCUT2D eigenvalue weighted by molar-refractivity contribution is 5.97. The van der Waals surface area contributed by atoms with Crippen molar-refractivity contribution in [2.24, 2.45) is 5.92 Å². The molecule has 4 heteroatoms. The van der Waals surface area contributed by atoms with E-state index in [9.17, 15) is 4.79 Å². The largest absolute Gasteiger partial charge is 0.350 e. The lowest BCUT2D eigenvalue weighted by atomic mass is 9.90. The summed E-state index contributed by atoms with van der Waals surface area (Å²) in [6.45, 7) is 12.5. The molecule has 2 aliphatic heterocycles. The average Bonchev–Trinajstić information content (AvgIpc) is 3.06. The number of hydrogen-bond acceptors (Lipinski definition) is 4. The van der Waals surface area contributed by atoms with E-state index >= 15 is 0 Å². The molecule has 2 fully saturated rings. The van der Waals surface area contributed by atoms with Crippen LogP contribution in [0, 0.1) is 26.7 Å². The molecule has 132 valence electrons. The molecule has 24 heavy (non-hydrogen) atoms. The van der Waals surface area contributed by atoms with E-state index < -0.39 is 0 Å². The van der Waals surface area contributed by atoms with E-state index in [1.165, 1.54) is 11.1 Å². The van der Waals surface area contributed by atoms with Gasteiger partial charge in [0.25, 0.3) is 0 Å². The van der Waals surface area contributed by atoms with E-state index in [1.807, 2.05) is 6.92 Å². The maximum atomic E-state index is 12.0. The topological polar surface area (TPSA) is 38.8 Å². The van der Waals surface area contributed by atoms with Crippen LogP contribution in [0.5, 0.6) is 0 Å². The fraction of sp³-hybridized carbons (Fsp3) is 0.650. The van der Waals surface area contributed by atoms with Gasteiger partial charge in [0.2, 0.25) is 0 Å². The molecule has 0 atom stereocenters. The van der Waals surface area contributed by atoms with E-state index in [0.717, 1.165) is 62.4 Å². The second-order valence-electron chi connectivity index (χ2n) is 7.27. The molecule has 2 saturated heterocycles. The molecular weight excluding hydrogens is 302 g/mol. The Kier molecular flexibility index (Phi) is 5.38. The lowest BCUT2D eigenvalue weighted by Crippen LogP contribution is -2.38. The summed E-state index contributed by atoms with van der Waals surface area (Å²) >= 11 is 0. The molecule has 0 spiro atoms. The third-order valence-corrected chi connectivity index (χ3v) is 5.53. The normalized spacial score (nSPS) is 20.7. The van der Waals surface area contributed by atoms with E-state index in [4.69, 9.17) is 9.47 Å². The van der Waals surface area contributed by atoms with Crippen LogP contribution in [0.3, 0.4) is 0 Å². The van der Waals surface area contributed by atoms with Gasteiger partial charge in [0.05, 0.1) is 13.2 Å². The minimum absolute atomic E-state index is 0.0133. The number of hydrogen-bond donors (Lipinski definition) is 0. The van der Waals surface area contributed by atoms with Crippen LogP contribution in [0.4, 0.5) is 0 Å². The molecule has 0 aliphatic carbocycles.